The molecule has 0 saturated carbocycles. The van der Waals surface area contributed by atoms with E-state index in [1.807, 2.05) is 0 Å². The number of anilines is 1. The largest absolute Gasteiger partial charge is 0.497 e. The van der Waals surface area contributed by atoms with Crippen molar-refractivity contribution in [3.8, 4) is 17.2 Å². The van der Waals surface area contributed by atoms with Crippen molar-refractivity contribution in [2.75, 3.05) is 26.6 Å². The Morgan fingerprint density at radius 3 is 2.40 bits per heavy atom. The SMILES string of the molecule is COc1ccc(NC(=O)c2cc3c(CO)cnc(C)c3oc2=Nc2ccc(OC)cc2OC)cc1. The summed E-state index contributed by atoms with van der Waals surface area (Å²) in [5.41, 5.74) is 2.79. The average Bonchev–Trinajstić information content (AvgIpc) is 2.89. The second-order valence-corrected chi connectivity index (χ2v) is 7.57. The fourth-order valence-corrected chi connectivity index (χ4v) is 3.52. The maximum Gasteiger partial charge on any atom is 0.261 e. The van der Waals surface area contributed by atoms with Crippen LogP contribution in [0.5, 0.6) is 17.2 Å². The number of aliphatic hydroxyl groups is 1. The molecule has 0 unspecified atom stereocenters. The van der Waals surface area contributed by atoms with Crippen molar-refractivity contribution < 1.29 is 28.5 Å². The second-order valence-electron chi connectivity index (χ2n) is 7.57. The molecule has 0 spiro atoms. The Morgan fingerprint density at radius 2 is 1.74 bits per heavy atom. The molecule has 9 nitrogen and oxygen atoms in total. The molecular formula is C26H25N3O6. The number of carbonyl (C=O) groups excluding carboxylic acids is 1. The summed E-state index contributed by atoms with van der Waals surface area (Å²) < 4.78 is 22.0. The molecule has 9 heteroatoms. The van der Waals surface area contributed by atoms with Gasteiger partial charge < -0.3 is 29.1 Å². The van der Waals surface area contributed by atoms with Gasteiger partial charge in [-0.05, 0) is 49.4 Å². The number of aliphatic hydroxyl groups excluding tert-OH is 1. The standard InChI is InChI=1S/C26H25N3O6/c1-15-24-20(16(14-30)13-27-15)12-21(25(31)28-17-5-7-18(32-2)8-6-17)26(35-24)29-22-10-9-19(33-3)11-23(22)34-4/h5-13,30H,14H2,1-4H3,(H,28,31). The van der Waals surface area contributed by atoms with E-state index in [1.54, 1.807) is 75.9 Å². The Bertz CT molecular complexity index is 1440. The minimum Gasteiger partial charge on any atom is -0.497 e. The quantitative estimate of drug-likeness (QED) is 0.413. The second kappa shape index (κ2) is 10.3. The van der Waals surface area contributed by atoms with Crippen LogP contribution in [0.4, 0.5) is 11.4 Å². The van der Waals surface area contributed by atoms with Crippen molar-refractivity contribution in [2.24, 2.45) is 4.99 Å². The topological polar surface area (TPSA) is 115 Å². The van der Waals surface area contributed by atoms with E-state index in [-0.39, 0.29) is 17.7 Å². The molecule has 35 heavy (non-hydrogen) atoms. The molecule has 0 radical (unpaired) electrons. The normalized spacial score (nSPS) is 11.4. The number of aryl methyl sites for hydroxylation is 1. The fourth-order valence-electron chi connectivity index (χ4n) is 3.52. The molecule has 0 aliphatic carbocycles. The lowest BCUT2D eigenvalue weighted by atomic mass is 10.1. The van der Waals surface area contributed by atoms with Crippen molar-refractivity contribution in [3.05, 3.63) is 77.1 Å². The number of aromatic nitrogens is 1. The predicted molar refractivity (Wildman–Crippen MR) is 130 cm³/mol. The van der Waals surface area contributed by atoms with Crippen LogP contribution in [0.1, 0.15) is 21.6 Å². The number of nitrogens with one attached hydrogen (secondary N) is 1. The fraction of sp³-hybridized carbons (Fsp3) is 0.192. The highest BCUT2D eigenvalue weighted by Crippen LogP contribution is 2.31. The lowest BCUT2D eigenvalue weighted by molar-refractivity contribution is 0.102. The van der Waals surface area contributed by atoms with Crippen LogP contribution in [-0.2, 0) is 6.61 Å². The summed E-state index contributed by atoms with van der Waals surface area (Å²) in [6.45, 7) is 1.52. The first kappa shape index (κ1) is 23.8. The summed E-state index contributed by atoms with van der Waals surface area (Å²) in [7, 11) is 4.64. The number of hydrogen-bond donors (Lipinski definition) is 2. The summed E-state index contributed by atoms with van der Waals surface area (Å²) >= 11 is 0. The van der Waals surface area contributed by atoms with Gasteiger partial charge in [0.25, 0.3) is 5.91 Å². The van der Waals surface area contributed by atoms with E-state index < -0.39 is 5.91 Å². The number of ether oxygens (including phenoxy) is 3. The van der Waals surface area contributed by atoms with Crippen molar-refractivity contribution in [1.82, 2.24) is 4.98 Å². The van der Waals surface area contributed by atoms with Gasteiger partial charge in [-0.1, -0.05) is 0 Å². The van der Waals surface area contributed by atoms with E-state index in [2.05, 4.69) is 15.3 Å². The Labute approximate surface area is 201 Å². The first-order valence-corrected chi connectivity index (χ1v) is 10.7. The maximum absolute atomic E-state index is 13.4. The predicted octanol–water partition coefficient (Wildman–Crippen LogP) is 4.14. The van der Waals surface area contributed by atoms with E-state index in [0.29, 0.717) is 50.8 Å². The Hall–Kier alpha value is -4.37. The molecule has 2 heterocycles. The van der Waals surface area contributed by atoms with Crippen LogP contribution in [0.3, 0.4) is 0 Å². The van der Waals surface area contributed by atoms with Crippen LogP contribution in [-0.4, -0.2) is 37.3 Å². The summed E-state index contributed by atoms with van der Waals surface area (Å²) in [6, 6.07) is 13.7. The third-order valence-corrected chi connectivity index (χ3v) is 5.42. The highest BCUT2D eigenvalue weighted by atomic mass is 16.5. The van der Waals surface area contributed by atoms with E-state index in [9.17, 15) is 9.90 Å². The summed E-state index contributed by atoms with van der Waals surface area (Å²) in [4.78, 5) is 22.3. The summed E-state index contributed by atoms with van der Waals surface area (Å²) in [5.74, 6) is 1.27. The number of amides is 1. The van der Waals surface area contributed by atoms with Gasteiger partial charge in [-0.2, -0.15) is 0 Å². The smallest absolute Gasteiger partial charge is 0.261 e. The highest BCUT2D eigenvalue weighted by molar-refractivity contribution is 6.05. The number of methoxy groups -OCH3 is 3. The van der Waals surface area contributed by atoms with Crippen LogP contribution in [0.15, 0.2) is 64.1 Å². The number of hydrogen-bond acceptors (Lipinski definition) is 8. The van der Waals surface area contributed by atoms with Crippen molar-refractivity contribution >= 4 is 28.3 Å². The number of pyridine rings is 1. The first-order chi connectivity index (χ1) is 17.0. The Morgan fingerprint density at radius 1 is 1.03 bits per heavy atom. The number of nitrogens with zero attached hydrogens (tertiary/aromatic N) is 2. The van der Waals surface area contributed by atoms with Gasteiger partial charge in [0.1, 0.15) is 28.5 Å². The van der Waals surface area contributed by atoms with Gasteiger partial charge in [-0.25, -0.2) is 4.99 Å². The molecule has 180 valence electrons. The number of carbonyl (C=O) groups is 1. The van der Waals surface area contributed by atoms with E-state index in [1.165, 1.54) is 7.11 Å². The van der Waals surface area contributed by atoms with E-state index >= 15 is 0 Å². The van der Waals surface area contributed by atoms with Gasteiger partial charge in [0.05, 0.1) is 33.6 Å². The average molecular weight is 476 g/mol. The molecule has 2 aromatic heterocycles. The minimum atomic E-state index is -0.439. The van der Waals surface area contributed by atoms with Gasteiger partial charge in [-0.15, -0.1) is 0 Å². The van der Waals surface area contributed by atoms with Gasteiger partial charge in [-0.3, -0.25) is 9.78 Å². The first-order valence-electron chi connectivity index (χ1n) is 10.7. The highest BCUT2D eigenvalue weighted by Gasteiger charge is 2.17. The summed E-state index contributed by atoms with van der Waals surface area (Å²) in [5, 5.41) is 13.2. The summed E-state index contributed by atoms with van der Waals surface area (Å²) in [6.07, 6.45) is 1.56. The van der Waals surface area contributed by atoms with Gasteiger partial charge >= 0.3 is 0 Å². The zero-order valence-corrected chi connectivity index (χ0v) is 19.8. The molecule has 4 aromatic rings. The van der Waals surface area contributed by atoms with E-state index in [4.69, 9.17) is 18.6 Å². The van der Waals surface area contributed by atoms with Crippen molar-refractivity contribution in [3.63, 3.8) is 0 Å². The van der Waals surface area contributed by atoms with Crippen LogP contribution in [0.25, 0.3) is 11.0 Å². The molecule has 0 atom stereocenters. The molecule has 0 saturated heterocycles. The van der Waals surface area contributed by atoms with Gasteiger partial charge in [0.15, 0.2) is 5.58 Å². The zero-order valence-electron chi connectivity index (χ0n) is 19.8. The number of fused-ring (bicyclic) bond motifs is 1. The van der Waals surface area contributed by atoms with Crippen LogP contribution in [0, 0.1) is 6.92 Å². The Balaban J connectivity index is 1.91. The molecule has 4 rings (SSSR count). The van der Waals surface area contributed by atoms with Gasteiger partial charge in [0.2, 0.25) is 5.55 Å². The van der Waals surface area contributed by atoms with E-state index in [0.717, 1.165) is 0 Å². The third kappa shape index (κ3) is 4.95. The van der Waals surface area contributed by atoms with Crippen molar-refractivity contribution in [1.29, 1.82) is 0 Å². The molecule has 0 aliphatic heterocycles. The third-order valence-electron chi connectivity index (χ3n) is 5.42. The minimum absolute atomic E-state index is 0.0620. The molecule has 0 fully saturated rings. The van der Waals surface area contributed by atoms with Crippen molar-refractivity contribution in [2.45, 2.75) is 13.5 Å². The van der Waals surface area contributed by atoms with Crippen LogP contribution in [0.2, 0.25) is 0 Å². The number of rotatable bonds is 7. The van der Waals surface area contributed by atoms with Crippen LogP contribution >= 0.6 is 0 Å². The molecule has 2 N–H and O–H groups in total. The lowest BCUT2D eigenvalue weighted by Gasteiger charge is -2.11. The van der Waals surface area contributed by atoms with Crippen LogP contribution < -0.4 is 25.1 Å². The zero-order chi connectivity index (χ0) is 24.9. The Kier molecular flexibility index (Phi) is 6.98. The number of benzene rings is 2. The van der Waals surface area contributed by atoms with Gasteiger partial charge in [0, 0.05) is 28.9 Å². The molecule has 0 bridgehead atoms. The maximum atomic E-state index is 13.4. The molecule has 2 aromatic carbocycles. The lowest BCUT2D eigenvalue weighted by Crippen LogP contribution is -2.22. The monoisotopic (exact) mass is 475 g/mol. The molecule has 0 aliphatic rings. The molecular weight excluding hydrogens is 450 g/mol. The molecule has 1 amide bonds.